The molecule has 0 spiro atoms. The van der Waals surface area contributed by atoms with Crippen LogP contribution in [-0.4, -0.2) is 48.2 Å². The molecule has 25 heavy (non-hydrogen) atoms. The van der Waals surface area contributed by atoms with E-state index >= 15 is 0 Å². The number of halogens is 1. The van der Waals surface area contributed by atoms with Crippen molar-refractivity contribution >= 4 is 11.3 Å². The highest BCUT2D eigenvalue weighted by molar-refractivity contribution is 5.91. The van der Waals surface area contributed by atoms with Gasteiger partial charge in [0.2, 0.25) is 0 Å². The van der Waals surface area contributed by atoms with Gasteiger partial charge in [0.25, 0.3) is 0 Å². The summed E-state index contributed by atoms with van der Waals surface area (Å²) in [5.41, 5.74) is 12.6. The van der Waals surface area contributed by atoms with Crippen molar-refractivity contribution in [3.63, 3.8) is 0 Å². The zero-order chi connectivity index (χ0) is 18.4. The molecular formula is C20H25FN4. The summed E-state index contributed by atoms with van der Waals surface area (Å²) in [6.45, 7) is 13.6. The highest BCUT2D eigenvalue weighted by Crippen LogP contribution is 2.18. The number of rotatable bonds is 6. The van der Waals surface area contributed by atoms with Crippen LogP contribution in [0.5, 0.6) is 0 Å². The lowest BCUT2D eigenvalue weighted by molar-refractivity contribution is 0.176. The van der Waals surface area contributed by atoms with Gasteiger partial charge >= 0.3 is 0 Å². The van der Waals surface area contributed by atoms with Crippen molar-refractivity contribution < 1.29 is 4.39 Å². The monoisotopic (exact) mass is 340 g/mol. The summed E-state index contributed by atoms with van der Waals surface area (Å²) < 4.78 is 13.1. The van der Waals surface area contributed by atoms with Gasteiger partial charge in [-0.3, -0.25) is 4.90 Å². The first-order chi connectivity index (χ1) is 11.9. The van der Waals surface area contributed by atoms with Crippen molar-refractivity contribution in [2.45, 2.75) is 6.92 Å². The smallest absolute Gasteiger partial charge is 0.123 e. The Kier molecular flexibility index (Phi) is 6.34. The molecule has 0 bridgehead atoms. The van der Waals surface area contributed by atoms with Crippen LogP contribution in [0.2, 0.25) is 0 Å². The summed E-state index contributed by atoms with van der Waals surface area (Å²) in [5, 5.41) is 7.49. The Morgan fingerprint density at radius 1 is 1.28 bits per heavy atom. The summed E-state index contributed by atoms with van der Waals surface area (Å²) in [6.07, 6.45) is 1.63. The molecule has 1 heterocycles. The Morgan fingerprint density at radius 2 is 1.88 bits per heavy atom. The van der Waals surface area contributed by atoms with E-state index in [2.05, 4.69) is 28.7 Å². The lowest BCUT2D eigenvalue weighted by atomic mass is 10.1. The molecule has 0 aromatic heterocycles. The fraction of sp³-hybridized carbons (Fsp3) is 0.300. The van der Waals surface area contributed by atoms with Gasteiger partial charge in [0.1, 0.15) is 5.82 Å². The fourth-order valence-corrected chi connectivity index (χ4v) is 2.80. The lowest BCUT2D eigenvalue weighted by Gasteiger charge is -2.37. The highest BCUT2D eigenvalue weighted by atomic mass is 19.1. The van der Waals surface area contributed by atoms with Gasteiger partial charge in [-0.1, -0.05) is 25.3 Å². The molecule has 0 aliphatic carbocycles. The van der Waals surface area contributed by atoms with Crippen molar-refractivity contribution in [2.24, 2.45) is 5.73 Å². The standard InChI is InChI=1S/C20H25FN4/c1-4-17(18-5-7-19(21)8-6-18)14-24-9-11-25(12-10-24)16(3)20(23)13-15(2)22/h5-8,13,22H,1,3,9-12,14,23H2,2H3/b20-13-,22-15?. The predicted molar refractivity (Wildman–Crippen MR) is 102 cm³/mol. The number of allylic oxidation sites excluding steroid dienone is 1. The second-order valence-electron chi connectivity index (χ2n) is 6.15. The molecule has 1 aromatic carbocycles. The minimum atomic E-state index is -0.245. The number of hydrogen-bond acceptors (Lipinski definition) is 4. The van der Waals surface area contributed by atoms with Gasteiger partial charge in [0, 0.05) is 44.0 Å². The quantitative estimate of drug-likeness (QED) is 0.475. The van der Waals surface area contributed by atoms with Crippen molar-refractivity contribution in [1.29, 1.82) is 5.41 Å². The van der Waals surface area contributed by atoms with Crippen LogP contribution in [0.25, 0.3) is 5.57 Å². The first-order valence-corrected chi connectivity index (χ1v) is 8.24. The van der Waals surface area contributed by atoms with Gasteiger partial charge in [-0.05, 0) is 30.7 Å². The van der Waals surface area contributed by atoms with Crippen LogP contribution in [0.4, 0.5) is 4.39 Å². The molecule has 0 unspecified atom stereocenters. The third kappa shape index (κ3) is 5.18. The topological polar surface area (TPSA) is 56.4 Å². The van der Waals surface area contributed by atoms with Crippen LogP contribution in [-0.2, 0) is 0 Å². The fourth-order valence-electron chi connectivity index (χ4n) is 2.80. The number of nitrogens with zero attached hydrogens (tertiary/aromatic N) is 2. The van der Waals surface area contributed by atoms with Gasteiger partial charge in [0.15, 0.2) is 0 Å². The average Bonchev–Trinajstić information content (AvgIpc) is 2.60. The molecule has 0 radical (unpaired) electrons. The van der Waals surface area contributed by atoms with Gasteiger partial charge in [-0.2, -0.15) is 0 Å². The van der Waals surface area contributed by atoms with E-state index in [4.69, 9.17) is 11.1 Å². The predicted octanol–water partition coefficient (Wildman–Crippen LogP) is 3.01. The summed E-state index contributed by atoms with van der Waals surface area (Å²) in [5.74, 6) is -0.245. The molecule has 0 saturated carbocycles. The van der Waals surface area contributed by atoms with E-state index in [1.807, 2.05) is 0 Å². The number of piperazine rings is 1. The Morgan fingerprint density at radius 3 is 2.40 bits per heavy atom. The van der Waals surface area contributed by atoms with Gasteiger partial charge in [0.05, 0.1) is 11.4 Å². The third-order valence-corrected chi connectivity index (χ3v) is 4.25. The molecule has 1 fully saturated rings. The van der Waals surface area contributed by atoms with Gasteiger partial charge < -0.3 is 16.0 Å². The minimum absolute atomic E-state index is 0.245. The van der Waals surface area contributed by atoms with Crippen molar-refractivity contribution in [3.8, 4) is 0 Å². The van der Waals surface area contributed by atoms with E-state index in [1.165, 1.54) is 12.1 Å². The second kappa shape index (κ2) is 8.47. The molecule has 3 N–H and O–H groups in total. The van der Waals surface area contributed by atoms with E-state index < -0.39 is 0 Å². The first kappa shape index (κ1) is 18.7. The van der Waals surface area contributed by atoms with E-state index in [-0.39, 0.29) is 5.82 Å². The Balaban J connectivity index is 1.93. The van der Waals surface area contributed by atoms with Crippen LogP contribution >= 0.6 is 0 Å². The average molecular weight is 340 g/mol. The van der Waals surface area contributed by atoms with Gasteiger partial charge in [-0.15, -0.1) is 5.73 Å². The Hall–Kier alpha value is -2.62. The molecule has 1 saturated heterocycles. The Bertz CT molecular complexity index is 719. The molecule has 0 atom stereocenters. The SMILES string of the molecule is C=C=C(CN1CCN(C(=C)/C(N)=C/C(C)=N)CC1)c1ccc(F)cc1. The van der Waals surface area contributed by atoms with Gasteiger partial charge in [-0.25, -0.2) is 4.39 Å². The maximum Gasteiger partial charge on any atom is 0.123 e. The molecule has 1 aromatic rings. The number of hydrogen-bond donors (Lipinski definition) is 2. The van der Waals surface area contributed by atoms with E-state index in [9.17, 15) is 4.39 Å². The zero-order valence-electron chi connectivity index (χ0n) is 14.7. The summed E-state index contributed by atoms with van der Waals surface area (Å²) in [4.78, 5) is 4.45. The zero-order valence-corrected chi connectivity index (χ0v) is 14.7. The largest absolute Gasteiger partial charge is 0.397 e. The molecule has 0 amide bonds. The molecular weight excluding hydrogens is 315 g/mol. The summed E-state index contributed by atoms with van der Waals surface area (Å²) in [7, 11) is 0. The molecule has 1 aliphatic rings. The Labute approximate surface area is 148 Å². The normalized spacial score (nSPS) is 15.6. The molecule has 132 valence electrons. The van der Waals surface area contributed by atoms with E-state index in [0.717, 1.165) is 49.6 Å². The maximum atomic E-state index is 13.1. The summed E-state index contributed by atoms with van der Waals surface area (Å²) in [6, 6.07) is 6.42. The van der Waals surface area contributed by atoms with Crippen LogP contribution in [0, 0.1) is 11.2 Å². The molecule has 5 heteroatoms. The maximum absolute atomic E-state index is 13.1. The second-order valence-corrected chi connectivity index (χ2v) is 6.15. The van der Waals surface area contributed by atoms with Crippen molar-refractivity contribution in [1.82, 2.24) is 9.80 Å². The highest BCUT2D eigenvalue weighted by Gasteiger charge is 2.20. The van der Waals surface area contributed by atoms with Crippen LogP contribution in [0.3, 0.4) is 0 Å². The van der Waals surface area contributed by atoms with Crippen molar-refractivity contribution in [3.05, 3.63) is 72.0 Å². The number of benzene rings is 1. The molecule has 4 nitrogen and oxygen atoms in total. The van der Waals surface area contributed by atoms with Crippen LogP contribution < -0.4 is 5.73 Å². The lowest BCUT2D eigenvalue weighted by Crippen LogP contribution is -2.46. The minimum Gasteiger partial charge on any atom is -0.397 e. The third-order valence-electron chi connectivity index (χ3n) is 4.25. The first-order valence-electron chi connectivity index (χ1n) is 8.24. The molecule has 2 rings (SSSR count). The summed E-state index contributed by atoms with van der Waals surface area (Å²) >= 11 is 0. The molecule has 1 aliphatic heterocycles. The van der Waals surface area contributed by atoms with Crippen molar-refractivity contribution in [2.75, 3.05) is 32.7 Å². The van der Waals surface area contributed by atoms with E-state index in [1.54, 1.807) is 25.1 Å². The number of nitrogens with two attached hydrogens (primary N) is 1. The number of nitrogens with one attached hydrogen (secondary N) is 1. The van der Waals surface area contributed by atoms with E-state index in [0.29, 0.717) is 11.4 Å². The van der Waals surface area contributed by atoms with Crippen LogP contribution in [0.15, 0.2) is 60.6 Å². The van der Waals surface area contributed by atoms with Crippen LogP contribution in [0.1, 0.15) is 12.5 Å².